The van der Waals surface area contributed by atoms with Crippen LogP contribution in [0.15, 0.2) is 30.3 Å². The zero-order valence-corrected chi connectivity index (χ0v) is 16.4. The molecule has 1 aromatic carbocycles. The summed E-state index contributed by atoms with van der Waals surface area (Å²) in [6.45, 7) is 8.11. The molecular weight excluding hydrogens is 346 g/mol. The first-order valence-corrected chi connectivity index (χ1v) is 9.06. The summed E-state index contributed by atoms with van der Waals surface area (Å²) in [6.07, 6.45) is 0. The Labute approximate surface area is 158 Å². The molecule has 1 amide bonds. The summed E-state index contributed by atoms with van der Waals surface area (Å²) in [4.78, 5) is 22.4. The third kappa shape index (κ3) is 2.05. The average molecular weight is 368 g/mol. The fraction of sp³-hybridized carbons (Fsp3) is 0.286. The predicted molar refractivity (Wildman–Crippen MR) is 105 cm³/mol. The van der Waals surface area contributed by atoms with E-state index in [9.17, 15) is 4.79 Å². The molecule has 3 aromatic rings. The highest BCUT2D eigenvalue weighted by Gasteiger charge is 2.55. The second-order valence-electron chi connectivity index (χ2n) is 7.30. The summed E-state index contributed by atoms with van der Waals surface area (Å²) in [7, 11) is 1.83. The number of nitrogens with one attached hydrogen (secondary N) is 2. The topological polar surface area (TPSA) is 51.9 Å². The highest BCUT2D eigenvalue weighted by molar-refractivity contribution is 6.31. The highest BCUT2D eigenvalue weighted by atomic mass is 35.5. The molecule has 0 bridgehead atoms. The Bertz CT molecular complexity index is 997. The van der Waals surface area contributed by atoms with Crippen molar-refractivity contribution in [1.82, 2.24) is 9.97 Å². The summed E-state index contributed by atoms with van der Waals surface area (Å²) in [6, 6.07) is 9.84. The predicted octanol–water partition coefficient (Wildman–Crippen LogP) is 4.54. The van der Waals surface area contributed by atoms with Crippen LogP contribution < -0.4 is 4.90 Å². The van der Waals surface area contributed by atoms with Gasteiger partial charge >= 0.3 is 0 Å². The van der Waals surface area contributed by atoms with Gasteiger partial charge in [-0.25, -0.2) is 0 Å². The molecule has 0 saturated carbocycles. The van der Waals surface area contributed by atoms with Gasteiger partial charge in [-0.3, -0.25) is 4.79 Å². The lowest BCUT2D eigenvalue weighted by molar-refractivity contribution is -0.120. The lowest BCUT2D eigenvalue weighted by Gasteiger charge is -2.29. The maximum absolute atomic E-state index is 13.8. The number of amides is 1. The highest BCUT2D eigenvalue weighted by Crippen LogP contribution is 2.51. The second-order valence-corrected chi connectivity index (χ2v) is 7.73. The minimum absolute atomic E-state index is 0.0182. The SMILES string of the molecule is Cc1cc(C)c(C2(c3[nH]c(C)cc3C)C(=O)N(C)c3ccc(Cl)cc32)[nH]1. The molecule has 3 heterocycles. The number of aromatic amines is 2. The molecular formula is C21H22ClN3O. The van der Waals surface area contributed by atoms with Gasteiger partial charge in [0.25, 0.3) is 0 Å². The first kappa shape index (κ1) is 17.0. The normalized spacial score (nSPS) is 15.6. The number of aromatic nitrogens is 2. The molecule has 2 aromatic heterocycles. The van der Waals surface area contributed by atoms with E-state index in [2.05, 4.69) is 22.1 Å². The molecule has 0 aliphatic carbocycles. The van der Waals surface area contributed by atoms with E-state index < -0.39 is 5.41 Å². The van der Waals surface area contributed by atoms with Crippen molar-refractivity contribution in [2.24, 2.45) is 0 Å². The monoisotopic (exact) mass is 367 g/mol. The number of fused-ring (bicyclic) bond motifs is 1. The number of hydrogen-bond donors (Lipinski definition) is 2. The first-order chi connectivity index (χ1) is 12.3. The van der Waals surface area contributed by atoms with Gasteiger partial charge in [-0.15, -0.1) is 0 Å². The Morgan fingerprint density at radius 1 is 0.923 bits per heavy atom. The summed E-state index contributed by atoms with van der Waals surface area (Å²) in [5.74, 6) is 0.0182. The molecule has 2 N–H and O–H groups in total. The Hall–Kier alpha value is -2.46. The molecule has 0 spiro atoms. The number of carbonyl (C=O) groups excluding carboxylic acids is 1. The number of benzene rings is 1. The molecule has 0 atom stereocenters. The van der Waals surface area contributed by atoms with Crippen LogP contribution in [0.4, 0.5) is 5.69 Å². The van der Waals surface area contributed by atoms with Crippen LogP contribution in [0.5, 0.6) is 0 Å². The number of aryl methyl sites for hydroxylation is 4. The van der Waals surface area contributed by atoms with Crippen molar-refractivity contribution in [3.05, 3.63) is 74.8 Å². The van der Waals surface area contributed by atoms with Crippen LogP contribution >= 0.6 is 11.6 Å². The Kier molecular flexibility index (Phi) is 3.60. The van der Waals surface area contributed by atoms with E-state index in [1.807, 2.05) is 52.9 Å². The van der Waals surface area contributed by atoms with Gasteiger partial charge in [0.1, 0.15) is 0 Å². The number of hydrogen-bond acceptors (Lipinski definition) is 1. The number of rotatable bonds is 2. The van der Waals surface area contributed by atoms with E-state index in [0.29, 0.717) is 5.02 Å². The second kappa shape index (κ2) is 5.52. The van der Waals surface area contributed by atoms with Gasteiger partial charge in [0.2, 0.25) is 5.91 Å². The smallest absolute Gasteiger partial charge is 0.249 e. The van der Waals surface area contributed by atoms with Crippen molar-refractivity contribution in [1.29, 1.82) is 0 Å². The maximum Gasteiger partial charge on any atom is 0.249 e. The maximum atomic E-state index is 13.8. The lowest BCUT2D eigenvalue weighted by Crippen LogP contribution is -2.42. The van der Waals surface area contributed by atoms with Crippen LogP contribution in [0.3, 0.4) is 0 Å². The molecule has 4 rings (SSSR count). The largest absolute Gasteiger partial charge is 0.361 e. The van der Waals surface area contributed by atoms with Gasteiger partial charge in [0.05, 0.1) is 0 Å². The van der Waals surface area contributed by atoms with E-state index in [1.165, 1.54) is 0 Å². The molecule has 26 heavy (non-hydrogen) atoms. The van der Waals surface area contributed by atoms with Crippen molar-refractivity contribution in [2.45, 2.75) is 33.1 Å². The van der Waals surface area contributed by atoms with Gasteiger partial charge in [-0.05, 0) is 69.2 Å². The summed E-state index contributed by atoms with van der Waals surface area (Å²) in [5.41, 5.74) is 6.83. The molecule has 0 radical (unpaired) electrons. The minimum Gasteiger partial charge on any atom is -0.361 e. The Morgan fingerprint density at radius 3 is 1.92 bits per heavy atom. The van der Waals surface area contributed by atoms with Gasteiger partial charge in [-0.2, -0.15) is 0 Å². The van der Waals surface area contributed by atoms with Crippen LogP contribution in [0.1, 0.15) is 39.5 Å². The number of halogens is 1. The molecule has 0 unspecified atom stereocenters. The van der Waals surface area contributed by atoms with Crippen LogP contribution in [0.2, 0.25) is 5.02 Å². The van der Waals surface area contributed by atoms with E-state index in [-0.39, 0.29) is 5.91 Å². The molecule has 1 aliphatic rings. The van der Waals surface area contributed by atoms with Crippen LogP contribution in [-0.4, -0.2) is 22.9 Å². The molecule has 1 aliphatic heterocycles. The Balaban J connectivity index is 2.18. The summed E-state index contributed by atoms with van der Waals surface area (Å²) in [5, 5.41) is 0.623. The van der Waals surface area contributed by atoms with Crippen molar-refractivity contribution < 1.29 is 4.79 Å². The van der Waals surface area contributed by atoms with Crippen molar-refractivity contribution in [3.8, 4) is 0 Å². The number of carbonyl (C=O) groups is 1. The van der Waals surface area contributed by atoms with Crippen molar-refractivity contribution >= 4 is 23.2 Å². The van der Waals surface area contributed by atoms with Crippen molar-refractivity contribution in [3.63, 3.8) is 0 Å². The van der Waals surface area contributed by atoms with E-state index in [4.69, 9.17) is 11.6 Å². The van der Waals surface area contributed by atoms with Gasteiger partial charge < -0.3 is 14.9 Å². The summed E-state index contributed by atoms with van der Waals surface area (Å²) >= 11 is 6.36. The number of likely N-dealkylation sites (N-methyl/N-ethyl adjacent to an activating group) is 1. The molecule has 134 valence electrons. The lowest BCUT2D eigenvalue weighted by atomic mass is 9.73. The molecule has 0 fully saturated rings. The zero-order valence-electron chi connectivity index (χ0n) is 15.6. The van der Waals surface area contributed by atoms with E-state index in [0.717, 1.165) is 45.2 Å². The number of H-pyrrole nitrogens is 2. The molecule has 0 saturated heterocycles. The van der Waals surface area contributed by atoms with Gasteiger partial charge in [0, 0.05) is 46.1 Å². The van der Waals surface area contributed by atoms with Gasteiger partial charge in [-0.1, -0.05) is 11.6 Å². The van der Waals surface area contributed by atoms with E-state index >= 15 is 0 Å². The third-order valence-electron chi connectivity index (χ3n) is 5.40. The number of anilines is 1. The quantitative estimate of drug-likeness (QED) is 0.686. The standard InChI is InChI=1S/C21H22ClN3O/c1-11-8-13(3)23-18(11)21(19-12(2)9-14(4)24-19)16-10-15(22)6-7-17(16)25(5)20(21)26/h6-10,23-24H,1-5H3. The van der Waals surface area contributed by atoms with Crippen LogP contribution in [0, 0.1) is 27.7 Å². The number of nitrogens with zero attached hydrogens (tertiary/aromatic N) is 1. The minimum atomic E-state index is -0.953. The van der Waals surface area contributed by atoms with E-state index in [1.54, 1.807) is 4.90 Å². The van der Waals surface area contributed by atoms with Gasteiger partial charge in [0.15, 0.2) is 5.41 Å². The first-order valence-electron chi connectivity index (χ1n) is 8.68. The summed E-state index contributed by atoms with van der Waals surface area (Å²) < 4.78 is 0. The third-order valence-corrected chi connectivity index (χ3v) is 5.63. The molecule has 5 heteroatoms. The zero-order chi connectivity index (χ0) is 18.8. The van der Waals surface area contributed by atoms with Crippen LogP contribution in [-0.2, 0) is 10.2 Å². The Morgan fingerprint density at radius 2 is 1.46 bits per heavy atom. The average Bonchev–Trinajstić information content (AvgIpc) is 3.15. The van der Waals surface area contributed by atoms with Crippen molar-refractivity contribution in [2.75, 3.05) is 11.9 Å². The molecule has 4 nitrogen and oxygen atoms in total. The fourth-order valence-electron chi connectivity index (χ4n) is 4.42. The fourth-order valence-corrected chi connectivity index (χ4v) is 4.59. The van der Waals surface area contributed by atoms with Crippen LogP contribution in [0.25, 0.3) is 0 Å².